The summed E-state index contributed by atoms with van der Waals surface area (Å²) in [5.41, 5.74) is 1.44. The molecule has 2 atom stereocenters. The van der Waals surface area contributed by atoms with Crippen LogP contribution in [0.3, 0.4) is 0 Å². The molecule has 0 aliphatic heterocycles. The van der Waals surface area contributed by atoms with Crippen LogP contribution in [0.5, 0.6) is 0 Å². The number of aryl methyl sites for hydroxylation is 2. The van der Waals surface area contributed by atoms with Gasteiger partial charge in [0.25, 0.3) is 5.22 Å². The highest BCUT2D eigenvalue weighted by Crippen LogP contribution is 2.42. The van der Waals surface area contributed by atoms with Gasteiger partial charge in [0, 0.05) is 11.3 Å². The van der Waals surface area contributed by atoms with Gasteiger partial charge < -0.3 is 9.73 Å². The van der Waals surface area contributed by atoms with E-state index in [2.05, 4.69) is 31.1 Å². The molecular formula is C15H26N2OS. The number of hydrogen-bond donors (Lipinski definition) is 1. The van der Waals surface area contributed by atoms with E-state index in [-0.39, 0.29) is 0 Å². The Balaban J connectivity index is 2.08. The van der Waals surface area contributed by atoms with Gasteiger partial charge in [-0.2, -0.15) is 0 Å². The predicted octanol–water partition coefficient (Wildman–Crippen LogP) is 3.94. The molecule has 1 fully saturated rings. The minimum Gasteiger partial charge on any atom is -0.437 e. The molecule has 0 amide bonds. The fourth-order valence-electron chi connectivity index (χ4n) is 2.76. The van der Waals surface area contributed by atoms with Crippen molar-refractivity contribution in [3.8, 4) is 0 Å². The fraction of sp³-hybridized carbons (Fsp3) is 0.800. The van der Waals surface area contributed by atoms with Gasteiger partial charge in [0.1, 0.15) is 5.76 Å². The third kappa shape index (κ3) is 3.76. The third-order valence-electron chi connectivity index (χ3n) is 4.06. The van der Waals surface area contributed by atoms with Gasteiger partial charge in [0.15, 0.2) is 0 Å². The molecule has 1 aromatic heterocycles. The van der Waals surface area contributed by atoms with Crippen molar-refractivity contribution in [2.75, 3.05) is 6.54 Å². The maximum atomic E-state index is 5.74. The zero-order valence-electron chi connectivity index (χ0n) is 12.7. The van der Waals surface area contributed by atoms with Crippen LogP contribution in [0.25, 0.3) is 0 Å². The Hall–Kier alpha value is -0.480. The second kappa shape index (κ2) is 5.88. The van der Waals surface area contributed by atoms with Gasteiger partial charge >= 0.3 is 0 Å². The standard InChI is InChI=1S/C15H26N2OS/c1-6-16-12-7-8-15(4,5)9-13(12)19-14-17-10(2)11(3)18-14/h12-13,16H,6-9H2,1-5H3. The highest BCUT2D eigenvalue weighted by Gasteiger charge is 2.35. The molecule has 108 valence electrons. The molecule has 1 aromatic rings. The van der Waals surface area contributed by atoms with E-state index in [0.717, 1.165) is 23.2 Å². The van der Waals surface area contributed by atoms with Gasteiger partial charge in [-0.25, -0.2) is 4.98 Å². The van der Waals surface area contributed by atoms with Crippen molar-refractivity contribution in [3.05, 3.63) is 11.5 Å². The van der Waals surface area contributed by atoms with Crippen molar-refractivity contribution < 1.29 is 4.42 Å². The number of oxazole rings is 1. The molecule has 0 aromatic carbocycles. The maximum Gasteiger partial charge on any atom is 0.256 e. The van der Waals surface area contributed by atoms with E-state index >= 15 is 0 Å². The Labute approximate surface area is 120 Å². The van der Waals surface area contributed by atoms with Crippen molar-refractivity contribution in [3.63, 3.8) is 0 Å². The third-order valence-corrected chi connectivity index (χ3v) is 5.24. The monoisotopic (exact) mass is 282 g/mol. The molecule has 19 heavy (non-hydrogen) atoms. The summed E-state index contributed by atoms with van der Waals surface area (Å²) in [5, 5.41) is 5.01. The van der Waals surface area contributed by atoms with Crippen molar-refractivity contribution >= 4 is 11.8 Å². The first-order chi connectivity index (χ1) is 8.91. The molecule has 0 radical (unpaired) electrons. The molecule has 1 N–H and O–H groups in total. The summed E-state index contributed by atoms with van der Waals surface area (Å²) in [7, 11) is 0. The second-order valence-electron chi connectivity index (χ2n) is 6.35. The number of thioether (sulfide) groups is 1. The van der Waals surface area contributed by atoms with Gasteiger partial charge in [-0.15, -0.1) is 0 Å². The molecular weight excluding hydrogens is 256 g/mol. The van der Waals surface area contributed by atoms with Crippen LogP contribution in [0, 0.1) is 19.3 Å². The lowest BCUT2D eigenvalue weighted by molar-refractivity contribution is 0.214. The number of rotatable bonds is 4. The summed E-state index contributed by atoms with van der Waals surface area (Å²) in [6, 6.07) is 0.579. The summed E-state index contributed by atoms with van der Waals surface area (Å²) in [5.74, 6) is 0.942. The van der Waals surface area contributed by atoms with Crippen LogP contribution in [0.1, 0.15) is 51.5 Å². The van der Waals surface area contributed by atoms with Gasteiger partial charge in [-0.1, -0.05) is 32.5 Å². The van der Waals surface area contributed by atoms with Gasteiger partial charge in [-0.05, 0) is 45.1 Å². The quantitative estimate of drug-likeness (QED) is 0.907. The summed E-state index contributed by atoms with van der Waals surface area (Å²) in [6.07, 6.45) is 3.76. The molecule has 4 heteroatoms. The van der Waals surface area contributed by atoms with Crippen LogP contribution >= 0.6 is 11.8 Å². The molecule has 3 nitrogen and oxygen atoms in total. The van der Waals surface area contributed by atoms with Gasteiger partial charge in [0.2, 0.25) is 0 Å². The first kappa shape index (κ1) is 14.9. The van der Waals surface area contributed by atoms with Crippen LogP contribution in [-0.2, 0) is 0 Å². The summed E-state index contributed by atoms with van der Waals surface area (Å²) >= 11 is 1.81. The Bertz CT molecular complexity index is 408. The largest absolute Gasteiger partial charge is 0.437 e. The lowest BCUT2D eigenvalue weighted by atomic mass is 9.75. The van der Waals surface area contributed by atoms with Crippen molar-refractivity contribution in [1.82, 2.24) is 10.3 Å². The van der Waals surface area contributed by atoms with Crippen LogP contribution in [0.15, 0.2) is 9.64 Å². The normalized spacial score (nSPS) is 26.6. The molecule has 0 saturated heterocycles. The lowest BCUT2D eigenvalue weighted by Crippen LogP contribution is -2.44. The molecule has 2 rings (SSSR count). The molecule has 2 unspecified atom stereocenters. The highest BCUT2D eigenvalue weighted by atomic mass is 32.2. The average molecular weight is 282 g/mol. The Kier molecular flexibility index (Phi) is 4.62. The van der Waals surface area contributed by atoms with E-state index in [1.807, 2.05) is 25.6 Å². The molecule has 1 heterocycles. The smallest absolute Gasteiger partial charge is 0.256 e. The van der Waals surface area contributed by atoms with E-state index in [9.17, 15) is 0 Å². The Morgan fingerprint density at radius 3 is 2.74 bits per heavy atom. The summed E-state index contributed by atoms with van der Waals surface area (Å²) in [4.78, 5) is 4.52. The molecule has 0 spiro atoms. The topological polar surface area (TPSA) is 38.1 Å². The molecule has 1 aliphatic rings. The SMILES string of the molecule is CCNC1CCC(C)(C)CC1Sc1nc(C)c(C)o1. The zero-order valence-corrected chi connectivity index (χ0v) is 13.6. The summed E-state index contributed by atoms with van der Waals surface area (Å²) in [6.45, 7) is 11.9. The fourth-order valence-corrected chi connectivity index (χ4v) is 4.32. The van der Waals surface area contributed by atoms with Gasteiger partial charge in [-0.3, -0.25) is 0 Å². The van der Waals surface area contributed by atoms with E-state index in [4.69, 9.17) is 4.42 Å². The highest BCUT2D eigenvalue weighted by molar-refractivity contribution is 7.99. The molecule has 0 bridgehead atoms. The first-order valence-electron chi connectivity index (χ1n) is 7.25. The molecule has 1 saturated carbocycles. The summed E-state index contributed by atoms with van der Waals surface area (Å²) < 4.78 is 5.74. The molecule has 1 aliphatic carbocycles. The van der Waals surface area contributed by atoms with Crippen LogP contribution < -0.4 is 5.32 Å². The number of nitrogens with one attached hydrogen (secondary N) is 1. The minimum absolute atomic E-state index is 0.431. The van der Waals surface area contributed by atoms with Crippen molar-refractivity contribution in [1.29, 1.82) is 0 Å². The van der Waals surface area contributed by atoms with Crippen molar-refractivity contribution in [2.24, 2.45) is 5.41 Å². The Morgan fingerprint density at radius 1 is 1.42 bits per heavy atom. The predicted molar refractivity (Wildman–Crippen MR) is 80.7 cm³/mol. The first-order valence-corrected chi connectivity index (χ1v) is 8.13. The van der Waals surface area contributed by atoms with Gasteiger partial charge in [0.05, 0.1) is 5.69 Å². The van der Waals surface area contributed by atoms with E-state index < -0.39 is 0 Å². The minimum atomic E-state index is 0.431. The van der Waals surface area contributed by atoms with E-state index in [1.165, 1.54) is 19.3 Å². The maximum absolute atomic E-state index is 5.74. The van der Waals surface area contributed by atoms with Crippen LogP contribution in [-0.4, -0.2) is 22.8 Å². The number of aromatic nitrogens is 1. The average Bonchev–Trinajstić information content (AvgIpc) is 2.61. The van der Waals surface area contributed by atoms with Crippen LogP contribution in [0.2, 0.25) is 0 Å². The van der Waals surface area contributed by atoms with E-state index in [0.29, 0.717) is 16.7 Å². The number of hydrogen-bond acceptors (Lipinski definition) is 4. The van der Waals surface area contributed by atoms with Crippen LogP contribution in [0.4, 0.5) is 0 Å². The van der Waals surface area contributed by atoms with E-state index in [1.54, 1.807) is 0 Å². The Morgan fingerprint density at radius 2 is 2.16 bits per heavy atom. The van der Waals surface area contributed by atoms with Crippen molar-refractivity contribution in [2.45, 2.75) is 70.4 Å². The second-order valence-corrected chi connectivity index (χ2v) is 7.54. The lowest BCUT2D eigenvalue weighted by Gasteiger charge is -2.40. The number of nitrogens with zero attached hydrogens (tertiary/aromatic N) is 1. The zero-order chi connectivity index (χ0) is 14.0.